The van der Waals surface area contributed by atoms with Crippen LogP contribution in [-0.2, 0) is 20.2 Å². The molecule has 2 bridgehead atoms. The molecule has 0 N–H and O–H groups in total. The molecule has 20 heavy (non-hydrogen) atoms. The van der Waals surface area contributed by atoms with E-state index in [1.54, 1.807) is 0 Å². The molecule has 3 nitrogen and oxygen atoms in total. The highest BCUT2D eigenvalue weighted by atomic mass is 19.2. The minimum atomic E-state index is -1.62. The lowest BCUT2D eigenvalue weighted by Gasteiger charge is -2.51. The zero-order valence-corrected chi connectivity index (χ0v) is 11.0. The summed E-state index contributed by atoms with van der Waals surface area (Å²) in [5, 5.41) is 0. The van der Waals surface area contributed by atoms with Gasteiger partial charge in [0.05, 0.1) is 19.8 Å². The van der Waals surface area contributed by atoms with E-state index in [0.717, 1.165) is 25.0 Å². The first kappa shape index (κ1) is 13.9. The Morgan fingerprint density at radius 1 is 1.00 bits per heavy atom. The molecule has 0 unspecified atom stereocenters. The number of fused-ring (bicyclic) bond motifs is 3. The molecule has 0 spiro atoms. The molecule has 3 fully saturated rings. The monoisotopic (exact) mass is 288 g/mol. The van der Waals surface area contributed by atoms with Crippen LogP contribution in [0.2, 0.25) is 0 Å². The number of rotatable bonds is 3. The van der Waals surface area contributed by atoms with E-state index in [4.69, 9.17) is 14.2 Å². The van der Waals surface area contributed by atoms with Crippen LogP contribution in [0.5, 0.6) is 0 Å². The number of ether oxygens (including phenoxy) is 3. The second-order valence-electron chi connectivity index (χ2n) is 5.43. The molecule has 4 rings (SSSR count). The molecule has 1 aromatic rings. The first-order valence-corrected chi connectivity index (χ1v) is 6.57. The third-order valence-corrected chi connectivity index (χ3v) is 3.82. The summed E-state index contributed by atoms with van der Waals surface area (Å²) in [6, 6.07) is 1.69. The van der Waals surface area contributed by atoms with E-state index in [1.165, 1.54) is 0 Å². The standard InChI is InChI=1S/C14H15F3O3/c1-2-3-13-6-18-14(19-7-13,20-8-13)9-4-10(15)12(17)11(16)5-9/h4-5H,2-3,6-8H2,1H3. The molecular weight excluding hydrogens is 273 g/mol. The maximum atomic E-state index is 13.3. The fraction of sp³-hybridized carbons (Fsp3) is 0.571. The Balaban J connectivity index is 1.90. The molecule has 0 saturated carbocycles. The first-order valence-electron chi connectivity index (χ1n) is 6.57. The van der Waals surface area contributed by atoms with Gasteiger partial charge < -0.3 is 14.2 Å². The van der Waals surface area contributed by atoms with Crippen LogP contribution in [0, 0.1) is 22.9 Å². The van der Waals surface area contributed by atoms with Crippen molar-refractivity contribution in [3.8, 4) is 0 Å². The van der Waals surface area contributed by atoms with Crippen LogP contribution in [0.4, 0.5) is 13.2 Å². The van der Waals surface area contributed by atoms with Gasteiger partial charge in [0.2, 0.25) is 0 Å². The lowest BCUT2D eigenvalue weighted by atomic mass is 9.83. The zero-order valence-electron chi connectivity index (χ0n) is 11.0. The van der Waals surface area contributed by atoms with E-state index < -0.39 is 23.4 Å². The van der Waals surface area contributed by atoms with Crippen molar-refractivity contribution in [2.45, 2.75) is 25.7 Å². The Morgan fingerprint density at radius 2 is 1.50 bits per heavy atom. The molecule has 0 atom stereocenters. The molecule has 0 aliphatic carbocycles. The maximum Gasteiger partial charge on any atom is 0.312 e. The Bertz CT molecular complexity index is 485. The first-order chi connectivity index (χ1) is 9.50. The van der Waals surface area contributed by atoms with Crippen molar-refractivity contribution in [2.75, 3.05) is 19.8 Å². The highest BCUT2D eigenvalue weighted by Gasteiger charge is 2.53. The Kier molecular flexibility index (Phi) is 3.27. The van der Waals surface area contributed by atoms with Gasteiger partial charge in [0.25, 0.3) is 0 Å². The van der Waals surface area contributed by atoms with Crippen LogP contribution in [0.25, 0.3) is 0 Å². The molecule has 0 amide bonds. The average molecular weight is 288 g/mol. The molecule has 0 radical (unpaired) electrons. The van der Waals surface area contributed by atoms with Crippen LogP contribution in [0.3, 0.4) is 0 Å². The third kappa shape index (κ3) is 2.03. The van der Waals surface area contributed by atoms with Gasteiger partial charge in [-0.1, -0.05) is 13.3 Å². The third-order valence-electron chi connectivity index (χ3n) is 3.82. The van der Waals surface area contributed by atoms with Gasteiger partial charge in [0.1, 0.15) is 0 Å². The van der Waals surface area contributed by atoms with Crippen molar-refractivity contribution in [1.29, 1.82) is 0 Å². The van der Waals surface area contributed by atoms with Crippen LogP contribution in [0.1, 0.15) is 25.3 Å². The van der Waals surface area contributed by atoms with Crippen molar-refractivity contribution in [2.24, 2.45) is 5.41 Å². The fourth-order valence-electron chi connectivity index (χ4n) is 2.72. The van der Waals surface area contributed by atoms with E-state index in [2.05, 4.69) is 6.92 Å². The van der Waals surface area contributed by atoms with Gasteiger partial charge in [0.15, 0.2) is 17.5 Å². The molecule has 3 aliphatic rings. The quantitative estimate of drug-likeness (QED) is 0.800. The minimum absolute atomic E-state index is 0.00121. The molecule has 0 aromatic heterocycles. The van der Waals surface area contributed by atoms with Gasteiger partial charge in [-0.05, 0) is 18.6 Å². The number of hydrogen-bond donors (Lipinski definition) is 0. The van der Waals surface area contributed by atoms with Gasteiger partial charge in [-0.3, -0.25) is 0 Å². The molecular formula is C14H15F3O3. The summed E-state index contributed by atoms with van der Waals surface area (Å²) < 4.78 is 56.3. The maximum absolute atomic E-state index is 13.3. The summed E-state index contributed by atoms with van der Waals surface area (Å²) in [5.74, 6) is -5.72. The second kappa shape index (κ2) is 4.72. The number of benzene rings is 1. The highest BCUT2D eigenvalue weighted by Crippen LogP contribution is 2.46. The van der Waals surface area contributed by atoms with E-state index in [1.807, 2.05) is 0 Å². The van der Waals surface area contributed by atoms with Gasteiger partial charge in [-0.15, -0.1) is 0 Å². The Labute approximate surface area is 114 Å². The van der Waals surface area contributed by atoms with Crippen LogP contribution >= 0.6 is 0 Å². The molecule has 3 heterocycles. The second-order valence-corrected chi connectivity index (χ2v) is 5.43. The normalized spacial score (nSPS) is 32.6. The zero-order chi connectivity index (χ0) is 14.4. The summed E-state index contributed by atoms with van der Waals surface area (Å²) in [6.07, 6.45) is 1.85. The summed E-state index contributed by atoms with van der Waals surface area (Å²) in [4.78, 5) is 0. The van der Waals surface area contributed by atoms with Crippen LogP contribution in [0.15, 0.2) is 12.1 Å². The smallest absolute Gasteiger partial charge is 0.312 e. The largest absolute Gasteiger partial charge is 0.323 e. The molecule has 6 heteroatoms. The van der Waals surface area contributed by atoms with Gasteiger partial charge in [0, 0.05) is 11.0 Å². The molecule has 3 saturated heterocycles. The minimum Gasteiger partial charge on any atom is -0.323 e. The average Bonchev–Trinajstić information content (AvgIpc) is 2.46. The summed E-state index contributed by atoms with van der Waals surface area (Å²) in [7, 11) is 0. The predicted octanol–water partition coefficient (Wildman–Crippen LogP) is 3.08. The lowest BCUT2D eigenvalue weighted by Crippen LogP contribution is -2.58. The molecule has 110 valence electrons. The van der Waals surface area contributed by atoms with E-state index in [9.17, 15) is 13.2 Å². The van der Waals surface area contributed by atoms with Crippen molar-refractivity contribution < 1.29 is 27.4 Å². The topological polar surface area (TPSA) is 27.7 Å². The molecule has 3 aliphatic heterocycles. The van der Waals surface area contributed by atoms with E-state index in [-0.39, 0.29) is 11.0 Å². The lowest BCUT2D eigenvalue weighted by molar-refractivity contribution is -0.480. The highest BCUT2D eigenvalue weighted by molar-refractivity contribution is 5.23. The van der Waals surface area contributed by atoms with Gasteiger partial charge in [-0.2, -0.15) is 0 Å². The SMILES string of the molecule is CCCC12COC(c3cc(F)c(F)c(F)c3)(OC1)OC2. The predicted molar refractivity (Wildman–Crippen MR) is 63.2 cm³/mol. The fourth-order valence-corrected chi connectivity index (χ4v) is 2.72. The van der Waals surface area contributed by atoms with Crippen molar-refractivity contribution >= 4 is 0 Å². The van der Waals surface area contributed by atoms with Crippen molar-refractivity contribution in [1.82, 2.24) is 0 Å². The Hall–Kier alpha value is -1.11. The van der Waals surface area contributed by atoms with E-state index in [0.29, 0.717) is 19.8 Å². The number of hydrogen-bond acceptors (Lipinski definition) is 3. The van der Waals surface area contributed by atoms with Crippen LogP contribution in [-0.4, -0.2) is 19.8 Å². The number of halogens is 3. The summed E-state index contributed by atoms with van der Waals surface area (Å²) in [6.45, 7) is 3.22. The summed E-state index contributed by atoms with van der Waals surface area (Å²) in [5.41, 5.74) is -0.202. The van der Waals surface area contributed by atoms with Crippen molar-refractivity contribution in [3.63, 3.8) is 0 Å². The van der Waals surface area contributed by atoms with Crippen molar-refractivity contribution in [3.05, 3.63) is 35.1 Å². The molecule has 1 aromatic carbocycles. The Morgan fingerprint density at radius 3 is 1.95 bits per heavy atom. The van der Waals surface area contributed by atoms with Crippen LogP contribution < -0.4 is 0 Å². The van der Waals surface area contributed by atoms with Gasteiger partial charge >= 0.3 is 5.97 Å². The summed E-state index contributed by atoms with van der Waals surface area (Å²) >= 11 is 0. The van der Waals surface area contributed by atoms with E-state index >= 15 is 0 Å². The van der Waals surface area contributed by atoms with Gasteiger partial charge in [-0.25, -0.2) is 13.2 Å².